The summed E-state index contributed by atoms with van der Waals surface area (Å²) in [5.41, 5.74) is 0. The van der Waals surface area contributed by atoms with Crippen molar-refractivity contribution in [3.63, 3.8) is 0 Å². The topological polar surface area (TPSA) is 9.23 Å². The molecular formula is C8H15BrO. The van der Waals surface area contributed by atoms with Gasteiger partial charge in [0.1, 0.15) is 0 Å². The van der Waals surface area contributed by atoms with Gasteiger partial charge in [0.15, 0.2) is 0 Å². The molecule has 1 fully saturated rings. The lowest BCUT2D eigenvalue weighted by Gasteiger charge is -2.24. The zero-order chi connectivity index (χ0) is 7.40. The van der Waals surface area contributed by atoms with Gasteiger partial charge in [-0.25, -0.2) is 0 Å². The van der Waals surface area contributed by atoms with E-state index in [1.54, 1.807) is 0 Å². The first-order valence-electron chi connectivity index (χ1n) is 4.08. The zero-order valence-electron chi connectivity index (χ0n) is 6.48. The van der Waals surface area contributed by atoms with Crippen LogP contribution in [0.3, 0.4) is 0 Å². The number of halogens is 1. The predicted molar refractivity (Wildman–Crippen MR) is 46.6 cm³/mol. The van der Waals surface area contributed by atoms with Crippen molar-refractivity contribution in [3.05, 3.63) is 0 Å². The fraction of sp³-hybridized carbons (Fsp3) is 1.00. The molecule has 0 bridgehead atoms. The predicted octanol–water partition coefficient (Wildman–Crippen LogP) is 2.73. The highest BCUT2D eigenvalue weighted by Gasteiger charge is 2.18. The van der Waals surface area contributed by atoms with E-state index in [0.29, 0.717) is 6.10 Å². The third-order valence-electron chi connectivity index (χ3n) is 2.01. The molecule has 0 unspecified atom stereocenters. The molecule has 0 saturated heterocycles. The van der Waals surface area contributed by atoms with Crippen molar-refractivity contribution < 1.29 is 4.74 Å². The summed E-state index contributed by atoms with van der Waals surface area (Å²) in [5, 5.41) is 0. The molecular weight excluding hydrogens is 192 g/mol. The highest BCUT2D eigenvalue weighted by atomic mass is 79.9. The second kappa shape index (κ2) is 4.35. The molecule has 0 radical (unpaired) electrons. The Morgan fingerprint density at radius 3 is 2.40 bits per heavy atom. The van der Waals surface area contributed by atoms with Crippen molar-refractivity contribution in [2.45, 2.75) is 43.5 Å². The maximum atomic E-state index is 5.51. The molecule has 0 heterocycles. The van der Waals surface area contributed by atoms with Gasteiger partial charge in [0.2, 0.25) is 0 Å². The lowest BCUT2D eigenvalue weighted by atomic mass is 9.98. The molecule has 1 aliphatic carbocycles. The van der Waals surface area contributed by atoms with E-state index in [2.05, 4.69) is 22.9 Å². The Morgan fingerprint density at radius 1 is 1.30 bits per heavy atom. The molecule has 1 nitrogen and oxygen atoms in total. The van der Waals surface area contributed by atoms with Gasteiger partial charge in [-0.1, -0.05) is 15.9 Å². The second-order valence-corrected chi connectivity index (χ2v) is 4.12. The minimum absolute atomic E-state index is 0.554. The summed E-state index contributed by atoms with van der Waals surface area (Å²) in [7, 11) is 0. The lowest BCUT2D eigenvalue weighted by Crippen LogP contribution is -2.21. The van der Waals surface area contributed by atoms with E-state index in [-0.39, 0.29) is 0 Å². The van der Waals surface area contributed by atoms with Crippen molar-refractivity contribution >= 4 is 15.9 Å². The third-order valence-corrected chi connectivity index (χ3v) is 2.92. The lowest BCUT2D eigenvalue weighted by molar-refractivity contribution is 0.0383. The molecule has 0 aromatic rings. The van der Waals surface area contributed by atoms with Crippen LogP contribution in [0, 0.1) is 0 Å². The van der Waals surface area contributed by atoms with Gasteiger partial charge >= 0.3 is 0 Å². The van der Waals surface area contributed by atoms with E-state index >= 15 is 0 Å². The minimum atomic E-state index is 0.554. The Balaban J connectivity index is 2.13. The first-order valence-corrected chi connectivity index (χ1v) is 5.00. The van der Waals surface area contributed by atoms with Crippen LogP contribution in [0.15, 0.2) is 0 Å². The van der Waals surface area contributed by atoms with Gasteiger partial charge in [-0.3, -0.25) is 0 Å². The molecule has 0 spiro atoms. The molecule has 0 atom stereocenters. The van der Waals surface area contributed by atoms with Crippen LogP contribution in [-0.2, 0) is 4.74 Å². The quantitative estimate of drug-likeness (QED) is 0.632. The van der Waals surface area contributed by atoms with Gasteiger partial charge in [0, 0.05) is 11.4 Å². The maximum absolute atomic E-state index is 5.51. The highest BCUT2D eigenvalue weighted by Crippen LogP contribution is 2.25. The fourth-order valence-electron chi connectivity index (χ4n) is 1.42. The Bertz CT molecular complexity index is 87.3. The van der Waals surface area contributed by atoms with Crippen molar-refractivity contribution in [3.8, 4) is 0 Å². The highest BCUT2D eigenvalue weighted by molar-refractivity contribution is 9.09. The molecule has 0 aliphatic heterocycles. The number of alkyl halides is 1. The number of ether oxygens (including phenoxy) is 1. The van der Waals surface area contributed by atoms with E-state index in [9.17, 15) is 0 Å². The molecule has 0 amide bonds. The Hall–Kier alpha value is 0.440. The summed E-state index contributed by atoms with van der Waals surface area (Å²) in [4.78, 5) is 0.754. The molecule has 0 aromatic carbocycles. The summed E-state index contributed by atoms with van der Waals surface area (Å²) in [6, 6.07) is 0. The first kappa shape index (κ1) is 8.54. The van der Waals surface area contributed by atoms with Crippen molar-refractivity contribution in [1.29, 1.82) is 0 Å². The van der Waals surface area contributed by atoms with Crippen LogP contribution in [0.2, 0.25) is 0 Å². The van der Waals surface area contributed by atoms with Crippen LogP contribution < -0.4 is 0 Å². The monoisotopic (exact) mass is 206 g/mol. The number of hydrogen-bond donors (Lipinski definition) is 0. The zero-order valence-corrected chi connectivity index (χ0v) is 8.06. The molecule has 0 N–H and O–H groups in total. The van der Waals surface area contributed by atoms with Crippen LogP contribution >= 0.6 is 15.9 Å². The van der Waals surface area contributed by atoms with E-state index < -0.39 is 0 Å². The molecule has 0 aromatic heterocycles. The van der Waals surface area contributed by atoms with Crippen molar-refractivity contribution in [2.24, 2.45) is 0 Å². The Kier molecular flexibility index (Phi) is 3.71. The maximum Gasteiger partial charge on any atom is 0.0575 e. The van der Waals surface area contributed by atoms with Gasteiger partial charge in [-0.2, -0.15) is 0 Å². The van der Waals surface area contributed by atoms with Crippen LogP contribution in [0.25, 0.3) is 0 Å². The molecule has 1 aliphatic rings. The molecule has 1 saturated carbocycles. The average Bonchev–Trinajstić information content (AvgIpc) is 1.95. The molecule has 2 heteroatoms. The second-order valence-electron chi connectivity index (χ2n) is 2.83. The SMILES string of the molecule is CCOC1CCC(Br)CC1. The average molecular weight is 207 g/mol. The molecule has 60 valence electrons. The fourth-order valence-corrected chi connectivity index (χ4v) is 1.95. The standard InChI is InChI=1S/C8H15BrO/c1-2-10-8-5-3-7(9)4-6-8/h7-8H,2-6H2,1H3. The molecule has 1 rings (SSSR count). The Morgan fingerprint density at radius 2 is 1.90 bits per heavy atom. The van der Waals surface area contributed by atoms with Gasteiger partial charge in [-0.15, -0.1) is 0 Å². The van der Waals surface area contributed by atoms with Crippen LogP contribution in [0.4, 0.5) is 0 Å². The Labute approximate surface area is 71.3 Å². The normalized spacial score (nSPS) is 34.2. The van der Waals surface area contributed by atoms with Gasteiger partial charge < -0.3 is 4.74 Å². The number of hydrogen-bond acceptors (Lipinski definition) is 1. The van der Waals surface area contributed by atoms with E-state index in [4.69, 9.17) is 4.74 Å². The number of rotatable bonds is 2. The van der Waals surface area contributed by atoms with Gasteiger partial charge in [-0.05, 0) is 32.6 Å². The van der Waals surface area contributed by atoms with Crippen molar-refractivity contribution in [1.82, 2.24) is 0 Å². The van der Waals surface area contributed by atoms with E-state index in [1.807, 2.05) is 0 Å². The summed E-state index contributed by atoms with van der Waals surface area (Å²) in [5.74, 6) is 0. The summed E-state index contributed by atoms with van der Waals surface area (Å²) in [6.45, 7) is 2.94. The van der Waals surface area contributed by atoms with Crippen LogP contribution in [0.1, 0.15) is 32.6 Å². The third kappa shape index (κ3) is 2.59. The largest absolute Gasteiger partial charge is 0.379 e. The smallest absolute Gasteiger partial charge is 0.0575 e. The molecule has 10 heavy (non-hydrogen) atoms. The van der Waals surface area contributed by atoms with Gasteiger partial charge in [0.05, 0.1) is 6.10 Å². The minimum Gasteiger partial charge on any atom is -0.379 e. The van der Waals surface area contributed by atoms with Crippen LogP contribution in [-0.4, -0.2) is 17.5 Å². The summed E-state index contributed by atoms with van der Waals surface area (Å²) < 4.78 is 5.51. The summed E-state index contributed by atoms with van der Waals surface area (Å²) >= 11 is 3.61. The van der Waals surface area contributed by atoms with Gasteiger partial charge in [0.25, 0.3) is 0 Å². The van der Waals surface area contributed by atoms with Crippen LogP contribution in [0.5, 0.6) is 0 Å². The van der Waals surface area contributed by atoms with Crippen molar-refractivity contribution in [2.75, 3.05) is 6.61 Å². The van der Waals surface area contributed by atoms with E-state index in [1.165, 1.54) is 25.7 Å². The first-order chi connectivity index (χ1) is 4.83. The summed E-state index contributed by atoms with van der Waals surface area (Å²) in [6.07, 6.45) is 5.60. The van der Waals surface area contributed by atoms with E-state index in [0.717, 1.165) is 11.4 Å².